The zero-order valence-electron chi connectivity index (χ0n) is 11.0. The van der Waals surface area contributed by atoms with Gasteiger partial charge in [0.15, 0.2) is 0 Å². The molecule has 1 unspecified atom stereocenters. The van der Waals surface area contributed by atoms with Crippen molar-refractivity contribution in [1.82, 2.24) is 10.2 Å². The molecule has 0 aromatic rings. The minimum Gasteiger partial charge on any atom is -0.277 e. The van der Waals surface area contributed by atoms with Crippen molar-refractivity contribution in [2.75, 3.05) is 6.54 Å². The lowest BCUT2D eigenvalue weighted by atomic mass is 9.87. The Morgan fingerprint density at radius 3 is 2.29 bits per heavy atom. The average molecular weight is 310 g/mol. The van der Waals surface area contributed by atoms with Gasteiger partial charge in [0.2, 0.25) is 11.8 Å². The van der Waals surface area contributed by atoms with E-state index in [2.05, 4.69) is 0 Å². The Balaban J connectivity index is 2.19. The monoisotopic (exact) mass is 310 g/mol. The van der Waals surface area contributed by atoms with Crippen molar-refractivity contribution in [2.45, 2.75) is 38.0 Å². The van der Waals surface area contributed by atoms with Gasteiger partial charge in [-0.25, -0.2) is 13.6 Å². The highest BCUT2D eigenvalue weighted by molar-refractivity contribution is 6.16. The van der Waals surface area contributed by atoms with Gasteiger partial charge in [0.05, 0.1) is 0 Å². The third-order valence-corrected chi connectivity index (χ3v) is 3.85. The van der Waals surface area contributed by atoms with Gasteiger partial charge in [-0.1, -0.05) is 12.8 Å². The van der Waals surface area contributed by atoms with Gasteiger partial charge in [0.1, 0.15) is 12.5 Å². The minimum absolute atomic E-state index is 0.0244. The minimum atomic E-state index is -4.51. The molecule has 1 atom stereocenters. The number of barbiturate groups is 1. The highest BCUT2D eigenvalue weighted by Gasteiger charge is 2.51. The number of imide groups is 2. The largest absolute Gasteiger partial charge is 0.330 e. The fourth-order valence-electron chi connectivity index (χ4n) is 2.77. The van der Waals surface area contributed by atoms with Gasteiger partial charge in [-0.3, -0.25) is 19.8 Å². The first-order chi connectivity index (χ1) is 9.74. The van der Waals surface area contributed by atoms with Crippen LogP contribution in [0.25, 0.3) is 0 Å². The van der Waals surface area contributed by atoms with Crippen molar-refractivity contribution >= 4 is 17.8 Å². The van der Waals surface area contributed by atoms with E-state index in [-0.39, 0.29) is 10.8 Å². The molecule has 1 N–H and O–H groups in total. The van der Waals surface area contributed by atoms with Crippen LogP contribution >= 0.6 is 0 Å². The summed E-state index contributed by atoms with van der Waals surface area (Å²) in [4.78, 5) is 35.3. The summed E-state index contributed by atoms with van der Waals surface area (Å²) < 4.78 is 50.6. The molecule has 21 heavy (non-hydrogen) atoms. The molecule has 4 amide bonds. The van der Waals surface area contributed by atoms with E-state index in [4.69, 9.17) is 0 Å². The summed E-state index contributed by atoms with van der Waals surface area (Å²) in [6.07, 6.45) is -1.28. The summed E-state index contributed by atoms with van der Waals surface area (Å²) in [5.41, 5.74) is 0. The lowest BCUT2D eigenvalue weighted by Crippen LogP contribution is -2.62. The van der Waals surface area contributed by atoms with Crippen LogP contribution < -0.4 is 5.32 Å². The summed E-state index contributed by atoms with van der Waals surface area (Å²) in [7, 11) is 0. The first-order valence-electron chi connectivity index (χ1n) is 6.56. The number of carbonyl (C=O) groups excluding carboxylic acids is 3. The van der Waals surface area contributed by atoms with Gasteiger partial charge in [-0.05, 0) is 18.8 Å². The van der Waals surface area contributed by atoms with E-state index >= 15 is 0 Å². The van der Waals surface area contributed by atoms with Crippen LogP contribution in [0.2, 0.25) is 0 Å². The first-order valence-corrected chi connectivity index (χ1v) is 6.56. The number of amides is 4. The predicted octanol–water partition coefficient (Wildman–Crippen LogP) is 1.77. The maximum Gasteiger partial charge on any atom is 0.330 e. The molecular weight excluding hydrogens is 296 g/mol. The summed E-state index contributed by atoms with van der Waals surface area (Å²) in [6, 6.07) is -1.38. The Bertz CT molecular complexity index is 463. The molecular formula is C12H14F4N2O3. The van der Waals surface area contributed by atoms with Crippen LogP contribution in [-0.4, -0.2) is 41.6 Å². The van der Waals surface area contributed by atoms with Crippen molar-refractivity contribution < 1.29 is 31.9 Å². The predicted molar refractivity (Wildman–Crippen MR) is 61.7 cm³/mol. The molecule has 0 aromatic carbocycles. The van der Waals surface area contributed by atoms with Gasteiger partial charge in [-0.15, -0.1) is 0 Å². The van der Waals surface area contributed by atoms with Gasteiger partial charge >= 0.3 is 18.4 Å². The molecule has 1 saturated carbocycles. The number of nitrogens with one attached hydrogen (secondary N) is 1. The third-order valence-electron chi connectivity index (χ3n) is 3.85. The quantitative estimate of drug-likeness (QED) is 0.636. The molecule has 9 heteroatoms. The van der Waals surface area contributed by atoms with Crippen molar-refractivity contribution in [2.24, 2.45) is 11.8 Å². The van der Waals surface area contributed by atoms with E-state index in [1.54, 1.807) is 5.32 Å². The number of urea groups is 1. The molecule has 0 radical (unpaired) electrons. The van der Waals surface area contributed by atoms with E-state index < -0.39 is 42.7 Å². The molecule has 0 bridgehead atoms. The highest BCUT2D eigenvalue weighted by atomic mass is 19.3. The van der Waals surface area contributed by atoms with Gasteiger partial charge in [-0.2, -0.15) is 8.78 Å². The van der Waals surface area contributed by atoms with E-state index in [0.717, 1.165) is 12.8 Å². The van der Waals surface area contributed by atoms with Crippen molar-refractivity contribution in [3.63, 3.8) is 0 Å². The Kier molecular flexibility index (Phi) is 4.20. The van der Waals surface area contributed by atoms with E-state index in [9.17, 15) is 31.9 Å². The number of hydrogen-bond acceptors (Lipinski definition) is 3. The molecule has 118 valence electrons. The second-order valence-electron chi connectivity index (χ2n) is 5.30. The zero-order chi connectivity index (χ0) is 15.8. The van der Waals surface area contributed by atoms with Crippen LogP contribution in [0.4, 0.5) is 22.4 Å². The molecule has 0 spiro atoms. The lowest BCUT2D eigenvalue weighted by molar-refractivity contribution is -0.160. The number of alkyl halides is 4. The van der Waals surface area contributed by atoms with Crippen LogP contribution in [0.5, 0.6) is 0 Å². The third kappa shape index (κ3) is 3.01. The summed E-state index contributed by atoms with van der Waals surface area (Å²) in [6.45, 7) is -1.73. The highest BCUT2D eigenvalue weighted by Crippen LogP contribution is 2.35. The SMILES string of the molecule is O=C1NC(=O)N(CC(F)(F)C(F)F)C(=O)C1C1CCCC1. The average Bonchev–Trinajstić information content (AvgIpc) is 2.88. The molecule has 1 saturated heterocycles. The Labute approximate surface area is 117 Å². The number of hydrogen-bond donors (Lipinski definition) is 1. The molecule has 2 rings (SSSR count). The van der Waals surface area contributed by atoms with E-state index in [1.165, 1.54) is 0 Å². The standard InChI is InChI=1S/C12H14F4N2O3/c13-10(14)12(15,16)5-18-9(20)7(6-3-1-2-4-6)8(19)17-11(18)21/h6-7,10H,1-5H2,(H,17,19,21). The number of carbonyl (C=O) groups is 3. The summed E-state index contributed by atoms with van der Waals surface area (Å²) >= 11 is 0. The topological polar surface area (TPSA) is 66.5 Å². The van der Waals surface area contributed by atoms with Crippen LogP contribution in [-0.2, 0) is 9.59 Å². The van der Waals surface area contributed by atoms with Gasteiger partial charge < -0.3 is 0 Å². The molecule has 2 aliphatic rings. The summed E-state index contributed by atoms with van der Waals surface area (Å²) in [5, 5.41) is 1.80. The Morgan fingerprint density at radius 2 is 1.76 bits per heavy atom. The van der Waals surface area contributed by atoms with E-state index in [0.29, 0.717) is 12.8 Å². The number of nitrogens with zero attached hydrogens (tertiary/aromatic N) is 1. The summed E-state index contributed by atoms with van der Waals surface area (Å²) in [5.74, 6) is -8.05. The van der Waals surface area contributed by atoms with Crippen molar-refractivity contribution in [3.8, 4) is 0 Å². The Hall–Kier alpha value is -1.67. The molecule has 1 heterocycles. The van der Waals surface area contributed by atoms with Crippen LogP contribution in [0.3, 0.4) is 0 Å². The van der Waals surface area contributed by atoms with Crippen LogP contribution in [0.15, 0.2) is 0 Å². The van der Waals surface area contributed by atoms with Gasteiger partial charge in [0.25, 0.3) is 0 Å². The molecule has 5 nitrogen and oxygen atoms in total. The normalized spacial score (nSPS) is 24.9. The van der Waals surface area contributed by atoms with E-state index in [1.807, 2.05) is 0 Å². The fourth-order valence-corrected chi connectivity index (χ4v) is 2.77. The van der Waals surface area contributed by atoms with Crippen LogP contribution in [0.1, 0.15) is 25.7 Å². The molecule has 0 aromatic heterocycles. The van der Waals surface area contributed by atoms with Crippen molar-refractivity contribution in [1.29, 1.82) is 0 Å². The first kappa shape index (κ1) is 15.7. The number of halogens is 4. The fraction of sp³-hybridized carbons (Fsp3) is 0.750. The smallest absolute Gasteiger partial charge is 0.277 e. The van der Waals surface area contributed by atoms with Crippen molar-refractivity contribution in [3.05, 3.63) is 0 Å². The maximum atomic E-state index is 13.1. The maximum absolute atomic E-state index is 13.1. The Morgan fingerprint density at radius 1 is 1.19 bits per heavy atom. The van der Waals surface area contributed by atoms with Crippen LogP contribution in [0, 0.1) is 11.8 Å². The second kappa shape index (κ2) is 5.61. The second-order valence-corrected chi connectivity index (χ2v) is 5.30. The zero-order valence-corrected chi connectivity index (χ0v) is 11.0. The van der Waals surface area contributed by atoms with Gasteiger partial charge in [0, 0.05) is 0 Å². The number of rotatable bonds is 4. The molecule has 2 fully saturated rings. The lowest BCUT2D eigenvalue weighted by Gasteiger charge is -2.34. The molecule has 1 aliphatic heterocycles. The molecule has 1 aliphatic carbocycles.